The SMILES string of the molecule is CC(Oc1ccc(Cl)cc1Cl)C(=O)NNC(=O)CCCC(=O)O. The summed E-state index contributed by atoms with van der Waals surface area (Å²) in [6.07, 6.45) is -0.849. The minimum atomic E-state index is -0.983. The van der Waals surface area contributed by atoms with Gasteiger partial charge < -0.3 is 9.84 Å². The first-order chi connectivity index (χ1) is 10.8. The predicted molar refractivity (Wildman–Crippen MR) is 84.3 cm³/mol. The monoisotopic (exact) mass is 362 g/mol. The number of aliphatic carboxylic acids is 1. The van der Waals surface area contributed by atoms with Crippen molar-refractivity contribution in [3.05, 3.63) is 28.2 Å². The van der Waals surface area contributed by atoms with Gasteiger partial charge in [-0.15, -0.1) is 0 Å². The van der Waals surface area contributed by atoms with Gasteiger partial charge in [-0.1, -0.05) is 23.2 Å². The van der Waals surface area contributed by atoms with Crippen molar-refractivity contribution < 1.29 is 24.2 Å². The zero-order chi connectivity index (χ0) is 17.4. The van der Waals surface area contributed by atoms with Gasteiger partial charge in [0.25, 0.3) is 5.91 Å². The first-order valence-electron chi connectivity index (χ1n) is 6.71. The summed E-state index contributed by atoms with van der Waals surface area (Å²) in [5.41, 5.74) is 4.37. The second-order valence-electron chi connectivity index (χ2n) is 4.62. The maximum atomic E-state index is 11.8. The molecule has 0 radical (unpaired) electrons. The van der Waals surface area contributed by atoms with E-state index in [0.29, 0.717) is 5.02 Å². The van der Waals surface area contributed by atoms with Crippen molar-refractivity contribution in [3.63, 3.8) is 0 Å². The van der Waals surface area contributed by atoms with Gasteiger partial charge in [0.05, 0.1) is 5.02 Å². The third-order valence-corrected chi connectivity index (χ3v) is 3.22. The second-order valence-corrected chi connectivity index (χ2v) is 5.46. The average molecular weight is 363 g/mol. The highest BCUT2D eigenvalue weighted by Crippen LogP contribution is 2.28. The Morgan fingerprint density at radius 2 is 1.91 bits per heavy atom. The molecule has 3 N–H and O–H groups in total. The van der Waals surface area contributed by atoms with Gasteiger partial charge in [-0.05, 0) is 31.5 Å². The second kappa shape index (κ2) is 9.22. The fourth-order valence-corrected chi connectivity index (χ4v) is 1.96. The van der Waals surface area contributed by atoms with Crippen molar-refractivity contribution in [2.45, 2.75) is 32.3 Å². The summed E-state index contributed by atoms with van der Waals surface area (Å²) in [7, 11) is 0. The van der Waals surface area contributed by atoms with Crippen LogP contribution in [0.3, 0.4) is 0 Å². The number of rotatable bonds is 7. The van der Waals surface area contributed by atoms with Gasteiger partial charge in [-0.2, -0.15) is 0 Å². The van der Waals surface area contributed by atoms with Crippen LogP contribution in [-0.4, -0.2) is 29.0 Å². The highest BCUT2D eigenvalue weighted by Gasteiger charge is 2.17. The molecule has 1 atom stereocenters. The van der Waals surface area contributed by atoms with Crippen LogP contribution in [0, 0.1) is 0 Å². The van der Waals surface area contributed by atoms with Gasteiger partial charge in [-0.25, -0.2) is 0 Å². The Balaban J connectivity index is 2.39. The number of carbonyl (C=O) groups excluding carboxylic acids is 2. The predicted octanol–water partition coefficient (Wildman–Crippen LogP) is 2.16. The van der Waals surface area contributed by atoms with Gasteiger partial charge >= 0.3 is 5.97 Å². The maximum Gasteiger partial charge on any atom is 0.303 e. The number of amides is 2. The topological polar surface area (TPSA) is 105 Å². The van der Waals surface area contributed by atoms with Crippen LogP contribution in [0.5, 0.6) is 5.75 Å². The third-order valence-electron chi connectivity index (χ3n) is 2.69. The molecule has 7 nitrogen and oxygen atoms in total. The number of ether oxygens (including phenoxy) is 1. The lowest BCUT2D eigenvalue weighted by Gasteiger charge is -2.16. The maximum absolute atomic E-state index is 11.8. The van der Waals surface area contributed by atoms with E-state index in [0.717, 1.165) is 0 Å². The number of halogens is 2. The lowest BCUT2D eigenvalue weighted by molar-refractivity contribution is -0.137. The summed E-state index contributed by atoms with van der Waals surface area (Å²) in [5, 5.41) is 9.16. The van der Waals surface area contributed by atoms with Crippen LogP contribution in [0.4, 0.5) is 0 Å². The first kappa shape index (κ1) is 19.1. The molecule has 1 rings (SSSR count). The van der Waals surface area contributed by atoms with Crippen molar-refractivity contribution in [3.8, 4) is 5.75 Å². The Hall–Kier alpha value is -1.99. The summed E-state index contributed by atoms with van der Waals surface area (Å²) >= 11 is 11.7. The summed E-state index contributed by atoms with van der Waals surface area (Å²) in [4.78, 5) is 33.5. The zero-order valence-electron chi connectivity index (χ0n) is 12.3. The minimum absolute atomic E-state index is 0.00910. The van der Waals surface area contributed by atoms with E-state index in [-0.39, 0.29) is 30.0 Å². The molecule has 1 unspecified atom stereocenters. The molecule has 0 aliphatic carbocycles. The Kier molecular flexibility index (Phi) is 7.64. The molecule has 0 fully saturated rings. The van der Waals surface area contributed by atoms with Crippen LogP contribution in [0.15, 0.2) is 18.2 Å². The molecule has 0 saturated heterocycles. The number of hydrogen-bond acceptors (Lipinski definition) is 4. The number of hydrogen-bond donors (Lipinski definition) is 3. The molecule has 2 amide bonds. The lowest BCUT2D eigenvalue weighted by atomic mass is 10.2. The summed E-state index contributed by atoms with van der Waals surface area (Å²) < 4.78 is 5.38. The normalized spacial score (nSPS) is 11.4. The van der Waals surface area contributed by atoms with Crippen molar-refractivity contribution in [2.75, 3.05) is 0 Å². The van der Waals surface area contributed by atoms with Crippen LogP contribution in [0.1, 0.15) is 26.2 Å². The van der Waals surface area contributed by atoms with E-state index < -0.39 is 23.9 Å². The van der Waals surface area contributed by atoms with Crippen molar-refractivity contribution in [1.82, 2.24) is 10.9 Å². The lowest BCUT2D eigenvalue weighted by Crippen LogP contribution is -2.47. The van der Waals surface area contributed by atoms with E-state index in [2.05, 4.69) is 10.9 Å². The third kappa shape index (κ3) is 7.21. The Morgan fingerprint density at radius 1 is 1.22 bits per heavy atom. The van der Waals surface area contributed by atoms with Crippen LogP contribution in [0.25, 0.3) is 0 Å². The molecule has 0 aliphatic rings. The first-order valence-corrected chi connectivity index (χ1v) is 7.47. The van der Waals surface area contributed by atoms with Crippen LogP contribution in [0.2, 0.25) is 10.0 Å². The van der Waals surface area contributed by atoms with E-state index in [1.807, 2.05) is 0 Å². The molecule has 9 heteroatoms. The molecular formula is C14H16Cl2N2O5. The quantitative estimate of drug-likeness (QED) is 0.644. The number of nitrogens with one attached hydrogen (secondary N) is 2. The smallest absolute Gasteiger partial charge is 0.303 e. The Morgan fingerprint density at radius 3 is 2.52 bits per heavy atom. The Bertz CT molecular complexity index is 595. The van der Waals surface area contributed by atoms with E-state index in [4.69, 9.17) is 33.0 Å². The van der Waals surface area contributed by atoms with Crippen LogP contribution in [-0.2, 0) is 14.4 Å². The van der Waals surface area contributed by atoms with Crippen molar-refractivity contribution >= 4 is 41.0 Å². The highest BCUT2D eigenvalue weighted by atomic mass is 35.5. The van der Waals surface area contributed by atoms with E-state index in [1.165, 1.54) is 19.1 Å². The summed E-state index contributed by atoms with van der Waals surface area (Å²) in [5.74, 6) is -1.77. The molecule has 23 heavy (non-hydrogen) atoms. The largest absolute Gasteiger partial charge is 0.481 e. The molecule has 1 aromatic carbocycles. The summed E-state index contributed by atoms with van der Waals surface area (Å²) in [6.45, 7) is 1.48. The Labute approximate surface area is 142 Å². The van der Waals surface area contributed by atoms with Gasteiger partial charge in [0, 0.05) is 17.9 Å². The fourth-order valence-electron chi connectivity index (χ4n) is 1.51. The van der Waals surface area contributed by atoms with Gasteiger partial charge in [0.1, 0.15) is 5.75 Å². The average Bonchev–Trinajstić information content (AvgIpc) is 2.47. The molecule has 126 valence electrons. The number of benzene rings is 1. The number of hydrazine groups is 1. The van der Waals surface area contributed by atoms with E-state index in [1.54, 1.807) is 6.07 Å². The fraction of sp³-hybridized carbons (Fsp3) is 0.357. The van der Waals surface area contributed by atoms with Gasteiger partial charge in [0.2, 0.25) is 5.91 Å². The van der Waals surface area contributed by atoms with E-state index in [9.17, 15) is 14.4 Å². The molecule has 1 aromatic rings. The number of carbonyl (C=O) groups is 3. The summed E-state index contributed by atoms with van der Waals surface area (Å²) in [6, 6.07) is 4.57. The number of carboxylic acid groups (broad SMARTS) is 1. The van der Waals surface area contributed by atoms with Gasteiger partial charge in [-0.3, -0.25) is 25.2 Å². The standard InChI is InChI=1S/C14H16Cl2N2O5/c1-8(23-11-6-5-9(15)7-10(11)16)14(22)18-17-12(19)3-2-4-13(20)21/h5-8H,2-4H2,1H3,(H,17,19)(H,18,22)(H,20,21). The molecule has 0 heterocycles. The minimum Gasteiger partial charge on any atom is -0.481 e. The zero-order valence-corrected chi connectivity index (χ0v) is 13.8. The van der Waals surface area contributed by atoms with Crippen molar-refractivity contribution in [1.29, 1.82) is 0 Å². The van der Waals surface area contributed by atoms with E-state index >= 15 is 0 Å². The molecule has 0 spiro atoms. The molecule has 0 aromatic heterocycles. The molecule has 0 bridgehead atoms. The van der Waals surface area contributed by atoms with Crippen molar-refractivity contribution in [2.24, 2.45) is 0 Å². The number of carboxylic acids is 1. The van der Waals surface area contributed by atoms with Crippen LogP contribution >= 0.6 is 23.2 Å². The molecule has 0 saturated carbocycles. The highest BCUT2D eigenvalue weighted by molar-refractivity contribution is 6.35. The van der Waals surface area contributed by atoms with Gasteiger partial charge in [0.15, 0.2) is 6.10 Å². The molecule has 0 aliphatic heterocycles. The van der Waals surface area contributed by atoms with Crippen LogP contribution < -0.4 is 15.6 Å². The molecular weight excluding hydrogens is 347 g/mol.